The van der Waals surface area contributed by atoms with E-state index in [1.165, 1.54) is 11.3 Å². The molecular formula is C17H17NO5S. The van der Waals surface area contributed by atoms with Gasteiger partial charge in [-0.05, 0) is 42.3 Å². The molecule has 2 heterocycles. The van der Waals surface area contributed by atoms with E-state index in [1.807, 2.05) is 11.4 Å². The number of esters is 1. The predicted octanol–water partition coefficient (Wildman–Crippen LogP) is 2.22. The molecule has 0 aromatic carbocycles. The Bertz CT molecular complexity index is 846. The van der Waals surface area contributed by atoms with E-state index in [1.54, 1.807) is 18.5 Å². The first kappa shape index (κ1) is 16.4. The molecule has 0 aliphatic heterocycles. The zero-order valence-corrected chi connectivity index (χ0v) is 14.2. The average Bonchev–Trinajstić information content (AvgIpc) is 3.05. The molecule has 0 atom stereocenters. The molecule has 24 heavy (non-hydrogen) atoms. The van der Waals surface area contributed by atoms with Gasteiger partial charge in [-0.15, -0.1) is 11.3 Å². The maximum Gasteiger partial charge on any atom is 0.337 e. The topological polar surface area (TPSA) is 85.6 Å². The van der Waals surface area contributed by atoms with E-state index >= 15 is 0 Å². The number of rotatable bonds is 4. The smallest absolute Gasteiger partial charge is 0.337 e. The van der Waals surface area contributed by atoms with E-state index in [-0.39, 0.29) is 24.4 Å². The third-order valence-corrected chi connectivity index (χ3v) is 5.22. The van der Waals surface area contributed by atoms with Crippen LogP contribution < -0.4 is 0 Å². The minimum absolute atomic E-state index is 0.0593. The number of ether oxygens (including phenoxy) is 1. The summed E-state index contributed by atoms with van der Waals surface area (Å²) >= 11 is 1.36. The number of aromatic carboxylic acids is 1. The monoisotopic (exact) mass is 347 g/mol. The van der Waals surface area contributed by atoms with E-state index in [4.69, 9.17) is 4.74 Å². The van der Waals surface area contributed by atoms with Crippen LogP contribution in [0, 0.1) is 0 Å². The highest BCUT2D eigenvalue weighted by Crippen LogP contribution is 2.33. The Balaban J connectivity index is 2.16. The van der Waals surface area contributed by atoms with Gasteiger partial charge in [-0.25, -0.2) is 4.79 Å². The Labute approximate surface area is 142 Å². The molecule has 0 bridgehead atoms. The van der Waals surface area contributed by atoms with Crippen molar-refractivity contribution in [1.82, 2.24) is 4.57 Å². The number of carboxylic acid groups (broad SMARTS) is 1. The normalized spacial score (nSPS) is 13.2. The van der Waals surface area contributed by atoms with Crippen molar-refractivity contribution < 1.29 is 24.2 Å². The Hall–Kier alpha value is -2.41. The van der Waals surface area contributed by atoms with Crippen LogP contribution in [0.4, 0.5) is 0 Å². The van der Waals surface area contributed by atoms with Crippen LogP contribution in [0.2, 0.25) is 0 Å². The van der Waals surface area contributed by atoms with Crippen molar-refractivity contribution in [1.29, 1.82) is 0 Å². The van der Waals surface area contributed by atoms with Crippen molar-refractivity contribution >= 4 is 29.1 Å². The Morgan fingerprint density at radius 1 is 1.38 bits per heavy atom. The Morgan fingerprint density at radius 3 is 2.79 bits per heavy atom. The number of carbonyl (C=O) groups is 3. The van der Waals surface area contributed by atoms with Crippen molar-refractivity contribution in [2.24, 2.45) is 7.05 Å². The molecule has 0 saturated carbocycles. The van der Waals surface area contributed by atoms with Gasteiger partial charge in [0, 0.05) is 12.7 Å². The van der Waals surface area contributed by atoms with Crippen LogP contribution in [0.25, 0.3) is 0 Å². The van der Waals surface area contributed by atoms with Gasteiger partial charge in [-0.3, -0.25) is 9.59 Å². The fourth-order valence-electron chi connectivity index (χ4n) is 3.24. The number of aromatic nitrogens is 1. The molecule has 1 aliphatic carbocycles. The number of thiophene rings is 1. The van der Waals surface area contributed by atoms with Gasteiger partial charge in [-0.1, -0.05) is 0 Å². The highest BCUT2D eigenvalue weighted by atomic mass is 32.1. The van der Waals surface area contributed by atoms with Crippen LogP contribution in [0.1, 0.15) is 49.5 Å². The summed E-state index contributed by atoms with van der Waals surface area (Å²) < 4.78 is 6.48. The van der Waals surface area contributed by atoms with Crippen molar-refractivity contribution in [3.63, 3.8) is 0 Å². The van der Waals surface area contributed by atoms with E-state index in [0.717, 1.165) is 5.56 Å². The molecule has 7 heteroatoms. The molecule has 3 rings (SSSR count). The van der Waals surface area contributed by atoms with Crippen LogP contribution in [-0.4, -0.2) is 34.0 Å². The first-order chi connectivity index (χ1) is 11.5. The highest BCUT2D eigenvalue weighted by Gasteiger charge is 2.33. The van der Waals surface area contributed by atoms with Gasteiger partial charge >= 0.3 is 11.9 Å². The van der Waals surface area contributed by atoms with Crippen LogP contribution in [0.3, 0.4) is 0 Å². The Morgan fingerprint density at radius 2 is 2.12 bits per heavy atom. The van der Waals surface area contributed by atoms with Crippen LogP contribution in [-0.2, 0) is 35.8 Å². The lowest BCUT2D eigenvalue weighted by atomic mass is 10.0. The molecule has 0 radical (unpaired) electrons. The van der Waals surface area contributed by atoms with Gasteiger partial charge in [-0.2, -0.15) is 0 Å². The molecule has 0 fully saturated rings. The quantitative estimate of drug-likeness (QED) is 0.857. The maximum absolute atomic E-state index is 12.9. The molecule has 0 saturated heterocycles. The van der Waals surface area contributed by atoms with Crippen LogP contribution >= 0.6 is 11.3 Å². The minimum atomic E-state index is -1.12. The fourth-order valence-corrected chi connectivity index (χ4v) is 4.13. The predicted molar refractivity (Wildman–Crippen MR) is 87.9 cm³/mol. The fraction of sp³-hybridized carbons (Fsp3) is 0.353. The van der Waals surface area contributed by atoms with Crippen molar-refractivity contribution in [2.75, 3.05) is 6.61 Å². The summed E-state index contributed by atoms with van der Waals surface area (Å²) in [7, 11) is 1.64. The molecule has 0 spiro atoms. The number of ketones is 1. The molecular weight excluding hydrogens is 330 g/mol. The molecule has 2 aromatic heterocycles. The number of aryl methyl sites for hydroxylation is 1. The Kier molecular flexibility index (Phi) is 4.28. The summed E-state index contributed by atoms with van der Waals surface area (Å²) in [6.45, 7) is 1.92. The summed E-state index contributed by atoms with van der Waals surface area (Å²) in [5.41, 5.74) is 2.21. The number of fused-ring (bicyclic) bond motifs is 2. The summed E-state index contributed by atoms with van der Waals surface area (Å²) in [5.74, 6) is -1.79. The summed E-state index contributed by atoms with van der Waals surface area (Å²) in [5, 5.41) is 11.5. The molecule has 1 aliphatic rings. The second kappa shape index (κ2) is 6.24. The lowest BCUT2D eigenvalue weighted by Gasteiger charge is -2.07. The van der Waals surface area contributed by atoms with Crippen molar-refractivity contribution in [3.8, 4) is 0 Å². The largest absolute Gasteiger partial charge is 0.478 e. The van der Waals surface area contributed by atoms with Crippen molar-refractivity contribution in [3.05, 3.63) is 44.4 Å². The van der Waals surface area contributed by atoms with Crippen LogP contribution in [0.5, 0.6) is 0 Å². The maximum atomic E-state index is 12.9. The van der Waals surface area contributed by atoms with E-state index in [2.05, 4.69) is 0 Å². The first-order valence-electron chi connectivity index (χ1n) is 7.66. The van der Waals surface area contributed by atoms with Crippen LogP contribution in [0.15, 0.2) is 11.4 Å². The molecule has 0 amide bonds. The molecule has 0 unspecified atom stereocenters. The van der Waals surface area contributed by atoms with Gasteiger partial charge < -0.3 is 14.4 Å². The van der Waals surface area contributed by atoms with Gasteiger partial charge in [0.1, 0.15) is 0 Å². The van der Waals surface area contributed by atoms with Gasteiger partial charge in [0.05, 0.1) is 29.2 Å². The minimum Gasteiger partial charge on any atom is -0.478 e. The zero-order valence-electron chi connectivity index (χ0n) is 13.4. The summed E-state index contributed by atoms with van der Waals surface area (Å²) in [6.07, 6.45) is 0.910. The SMILES string of the molecule is CCOC(=O)Cc1c(C(=O)O)c2c(n1C)C(=O)c1sccc1CC2. The molecule has 126 valence electrons. The molecule has 6 nitrogen and oxygen atoms in total. The standard InChI is InChI=1S/C17H17NO5S/c1-3-23-12(19)8-11-13(17(21)22)10-5-4-9-6-7-24-16(9)15(20)14(10)18(11)2/h6-7H,3-5,8H2,1-2H3,(H,21,22). The molecule has 1 N–H and O–H groups in total. The third-order valence-electron chi connectivity index (χ3n) is 4.26. The summed E-state index contributed by atoms with van der Waals surface area (Å²) in [6, 6.07) is 1.91. The van der Waals surface area contributed by atoms with Crippen molar-refractivity contribution in [2.45, 2.75) is 26.2 Å². The second-order valence-electron chi connectivity index (χ2n) is 5.60. The third kappa shape index (κ3) is 2.54. The van der Waals surface area contributed by atoms with E-state index in [9.17, 15) is 19.5 Å². The first-order valence-corrected chi connectivity index (χ1v) is 8.54. The van der Waals surface area contributed by atoms with Gasteiger partial charge in [0.25, 0.3) is 0 Å². The highest BCUT2D eigenvalue weighted by molar-refractivity contribution is 7.12. The summed E-state index contributed by atoms with van der Waals surface area (Å²) in [4.78, 5) is 37.2. The second-order valence-corrected chi connectivity index (χ2v) is 6.52. The lowest BCUT2D eigenvalue weighted by molar-refractivity contribution is -0.142. The average molecular weight is 347 g/mol. The zero-order chi connectivity index (χ0) is 17.4. The van der Waals surface area contributed by atoms with E-state index in [0.29, 0.717) is 34.7 Å². The number of nitrogens with zero attached hydrogens (tertiary/aromatic N) is 1. The number of hydrogen-bond donors (Lipinski definition) is 1. The van der Waals surface area contributed by atoms with Gasteiger partial charge in [0.15, 0.2) is 0 Å². The number of hydrogen-bond acceptors (Lipinski definition) is 5. The lowest BCUT2D eigenvalue weighted by Crippen LogP contribution is -2.15. The molecule has 2 aromatic rings. The number of carbonyl (C=O) groups excluding carboxylic acids is 2. The van der Waals surface area contributed by atoms with Gasteiger partial charge in [0.2, 0.25) is 5.78 Å². The van der Waals surface area contributed by atoms with E-state index < -0.39 is 11.9 Å². The number of carboxylic acids is 1.